The van der Waals surface area contributed by atoms with Crippen molar-refractivity contribution in [1.29, 1.82) is 0 Å². The largest absolute Gasteiger partial charge is 0.496 e. The van der Waals surface area contributed by atoms with E-state index >= 15 is 0 Å². The van der Waals surface area contributed by atoms with Crippen LogP contribution in [-0.2, 0) is 13.0 Å². The van der Waals surface area contributed by atoms with E-state index in [1.165, 1.54) is 12.1 Å². The number of hydrogen-bond acceptors (Lipinski definition) is 5. The highest BCUT2D eigenvalue weighted by molar-refractivity contribution is 5.73. The Hall–Kier alpha value is -3.42. The van der Waals surface area contributed by atoms with Gasteiger partial charge in [-0.05, 0) is 42.3 Å². The molecule has 0 atom stereocenters. The normalized spacial score (nSPS) is 10.4. The van der Waals surface area contributed by atoms with Gasteiger partial charge in [-0.3, -0.25) is 0 Å². The predicted molar refractivity (Wildman–Crippen MR) is 96.6 cm³/mol. The number of carbonyl (C=O) groups is 1. The smallest absolute Gasteiger partial charge is 0.315 e. The zero-order valence-corrected chi connectivity index (χ0v) is 14.7. The van der Waals surface area contributed by atoms with E-state index in [9.17, 15) is 9.18 Å². The minimum Gasteiger partial charge on any atom is -0.496 e. The second-order valence-electron chi connectivity index (χ2n) is 5.69. The van der Waals surface area contributed by atoms with E-state index in [4.69, 9.17) is 9.26 Å². The van der Waals surface area contributed by atoms with Crippen molar-refractivity contribution in [2.75, 3.05) is 13.7 Å². The molecule has 7 nitrogen and oxygen atoms in total. The Kier molecular flexibility index (Phi) is 5.98. The van der Waals surface area contributed by atoms with Crippen molar-refractivity contribution >= 4 is 6.03 Å². The lowest BCUT2D eigenvalue weighted by molar-refractivity contribution is 0.238. The van der Waals surface area contributed by atoms with Gasteiger partial charge in [0.05, 0.1) is 13.7 Å². The van der Waals surface area contributed by atoms with Crippen molar-refractivity contribution in [2.45, 2.75) is 13.0 Å². The molecule has 3 aromatic rings. The van der Waals surface area contributed by atoms with E-state index in [1.807, 2.05) is 24.3 Å². The fourth-order valence-electron chi connectivity index (χ4n) is 2.48. The Morgan fingerprint density at radius 3 is 2.70 bits per heavy atom. The lowest BCUT2D eigenvalue weighted by Crippen LogP contribution is -2.36. The maximum absolute atomic E-state index is 12.9. The molecule has 1 aromatic heterocycles. The van der Waals surface area contributed by atoms with E-state index in [-0.39, 0.29) is 24.3 Å². The van der Waals surface area contributed by atoms with Crippen LogP contribution in [0.1, 0.15) is 11.5 Å². The maximum atomic E-state index is 12.9. The number of urea groups is 1. The summed E-state index contributed by atoms with van der Waals surface area (Å²) in [6, 6.07) is 13.1. The van der Waals surface area contributed by atoms with Gasteiger partial charge in [-0.2, -0.15) is 4.98 Å². The number of carbonyl (C=O) groups excluding carboxylic acids is 1. The van der Waals surface area contributed by atoms with E-state index in [2.05, 4.69) is 20.8 Å². The summed E-state index contributed by atoms with van der Waals surface area (Å²) in [4.78, 5) is 16.1. The molecular formula is C19H19FN4O3. The van der Waals surface area contributed by atoms with Crippen LogP contribution in [0.15, 0.2) is 53.1 Å². The highest BCUT2D eigenvalue weighted by Crippen LogP contribution is 2.17. The molecule has 2 N–H and O–H groups in total. The molecule has 3 rings (SSSR count). The summed E-state index contributed by atoms with van der Waals surface area (Å²) in [7, 11) is 1.61. The Morgan fingerprint density at radius 1 is 1.15 bits per heavy atom. The Bertz CT molecular complexity index is 896. The second kappa shape index (κ2) is 8.79. The molecule has 2 amide bonds. The third-order valence-electron chi connectivity index (χ3n) is 3.84. The summed E-state index contributed by atoms with van der Waals surface area (Å²) in [6.45, 7) is 0.547. The third kappa shape index (κ3) is 5.04. The molecule has 0 spiro atoms. The highest BCUT2D eigenvalue weighted by atomic mass is 19.1. The minimum absolute atomic E-state index is 0.0920. The second-order valence-corrected chi connectivity index (χ2v) is 5.69. The molecule has 0 aliphatic heterocycles. The monoisotopic (exact) mass is 370 g/mol. The van der Waals surface area contributed by atoms with E-state index in [0.717, 1.165) is 11.3 Å². The highest BCUT2D eigenvalue weighted by Gasteiger charge is 2.10. The van der Waals surface area contributed by atoms with Crippen LogP contribution >= 0.6 is 0 Å². The lowest BCUT2D eigenvalue weighted by Gasteiger charge is -2.09. The summed E-state index contributed by atoms with van der Waals surface area (Å²) in [5.41, 5.74) is 1.65. The van der Waals surface area contributed by atoms with Gasteiger partial charge in [0, 0.05) is 12.1 Å². The topological polar surface area (TPSA) is 89.3 Å². The number of para-hydroxylation sites is 1. The molecule has 8 heteroatoms. The van der Waals surface area contributed by atoms with Crippen molar-refractivity contribution < 1.29 is 18.4 Å². The molecule has 27 heavy (non-hydrogen) atoms. The molecule has 140 valence electrons. The maximum Gasteiger partial charge on any atom is 0.315 e. The number of rotatable bonds is 7. The van der Waals surface area contributed by atoms with Gasteiger partial charge in [-0.25, -0.2) is 9.18 Å². The van der Waals surface area contributed by atoms with Crippen LogP contribution in [-0.4, -0.2) is 29.8 Å². The summed E-state index contributed by atoms with van der Waals surface area (Å²) in [5, 5.41) is 9.23. The zero-order chi connectivity index (χ0) is 19.1. The van der Waals surface area contributed by atoms with Crippen molar-refractivity contribution in [2.24, 2.45) is 0 Å². The van der Waals surface area contributed by atoms with E-state index in [1.54, 1.807) is 19.2 Å². The first-order valence-electron chi connectivity index (χ1n) is 8.38. The fraction of sp³-hybridized carbons (Fsp3) is 0.211. The number of amides is 2. The van der Waals surface area contributed by atoms with Crippen LogP contribution in [0.5, 0.6) is 5.75 Å². The number of methoxy groups -OCH3 is 1. The molecular weight excluding hydrogens is 351 g/mol. The molecule has 2 aromatic carbocycles. The van der Waals surface area contributed by atoms with Crippen molar-refractivity contribution in [1.82, 2.24) is 20.8 Å². The predicted octanol–water partition coefficient (Wildman–Crippen LogP) is 2.93. The summed E-state index contributed by atoms with van der Waals surface area (Å²) in [5.74, 6) is 1.05. The molecule has 0 aliphatic rings. The molecule has 0 saturated carbocycles. The standard InChI is InChI=1S/C19H19FN4O3/c1-26-16-5-3-2-4-13(16)10-11-21-19(25)22-12-17-23-18(24-27-17)14-6-8-15(20)9-7-14/h2-9H,10-12H2,1H3,(H2,21,22,25). The first-order valence-corrected chi connectivity index (χ1v) is 8.38. The number of aromatic nitrogens is 2. The average molecular weight is 370 g/mol. The molecule has 1 heterocycles. The van der Waals surface area contributed by atoms with Crippen molar-refractivity contribution in [3.8, 4) is 17.1 Å². The van der Waals surface area contributed by atoms with Gasteiger partial charge < -0.3 is 19.9 Å². The van der Waals surface area contributed by atoms with Crippen molar-refractivity contribution in [3.63, 3.8) is 0 Å². The van der Waals surface area contributed by atoms with Gasteiger partial charge in [-0.15, -0.1) is 0 Å². The molecule has 0 aliphatic carbocycles. The van der Waals surface area contributed by atoms with Gasteiger partial charge >= 0.3 is 6.03 Å². The van der Waals surface area contributed by atoms with Crippen LogP contribution < -0.4 is 15.4 Å². The zero-order valence-electron chi connectivity index (χ0n) is 14.7. The first kappa shape index (κ1) is 18.4. The number of ether oxygens (including phenoxy) is 1. The fourth-order valence-corrected chi connectivity index (χ4v) is 2.48. The Balaban J connectivity index is 1.45. The molecule has 0 bridgehead atoms. The SMILES string of the molecule is COc1ccccc1CCNC(=O)NCc1nc(-c2ccc(F)cc2)no1. The summed E-state index contributed by atoms with van der Waals surface area (Å²) in [6.07, 6.45) is 0.646. The van der Waals surface area contributed by atoms with Crippen LogP contribution in [0.4, 0.5) is 9.18 Å². The number of benzene rings is 2. The van der Waals surface area contributed by atoms with Crippen LogP contribution in [0.2, 0.25) is 0 Å². The quantitative estimate of drug-likeness (QED) is 0.667. The molecule has 0 radical (unpaired) electrons. The van der Waals surface area contributed by atoms with E-state index in [0.29, 0.717) is 24.4 Å². The van der Waals surface area contributed by atoms with E-state index < -0.39 is 0 Å². The Labute approximate surface area is 155 Å². The number of hydrogen-bond donors (Lipinski definition) is 2. The van der Waals surface area contributed by atoms with Crippen molar-refractivity contribution in [3.05, 3.63) is 65.8 Å². The molecule has 0 saturated heterocycles. The average Bonchev–Trinajstić information content (AvgIpc) is 3.16. The van der Waals surface area contributed by atoms with Gasteiger partial charge in [-0.1, -0.05) is 23.4 Å². The Morgan fingerprint density at radius 2 is 1.93 bits per heavy atom. The molecule has 0 unspecified atom stereocenters. The lowest BCUT2D eigenvalue weighted by atomic mass is 10.1. The summed E-state index contributed by atoms with van der Waals surface area (Å²) >= 11 is 0. The van der Waals surface area contributed by atoms with Gasteiger partial charge in [0.15, 0.2) is 0 Å². The first-order chi connectivity index (χ1) is 13.2. The third-order valence-corrected chi connectivity index (χ3v) is 3.84. The van der Waals surface area contributed by atoms with Gasteiger partial charge in [0.2, 0.25) is 11.7 Å². The van der Waals surface area contributed by atoms with Crippen LogP contribution in [0.3, 0.4) is 0 Å². The number of nitrogens with one attached hydrogen (secondary N) is 2. The minimum atomic E-state index is -0.341. The summed E-state index contributed by atoms with van der Waals surface area (Å²) < 4.78 is 23.3. The van der Waals surface area contributed by atoms with Crippen LogP contribution in [0.25, 0.3) is 11.4 Å². The molecule has 0 fully saturated rings. The van der Waals surface area contributed by atoms with Gasteiger partial charge in [0.1, 0.15) is 11.6 Å². The van der Waals surface area contributed by atoms with Gasteiger partial charge in [0.25, 0.3) is 0 Å². The number of nitrogens with zero attached hydrogens (tertiary/aromatic N) is 2. The number of halogens is 1. The van der Waals surface area contributed by atoms with Crippen LogP contribution in [0, 0.1) is 5.82 Å².